The van der Waals surface area contributed by atoms with Crippen LogP contribution in [-0.2, 0) is 77.9 Å². The highest BCUT2D eigenvalue weighted by Gasteiger charge is 2.52. The molecule has 106 heavy (non-hydrogen) atoms. The van der Waals surface area contributed by atoms with E-state index in [9.17, 15) is 88.2 Å². The van der Waals surface area contributed by atoms with E-state index in [0.717, 1.165) is 45.8 Å². The highest BCUT2D eigenvalue weighted by molar-refractivity contribution is 5.99. The molecule has 0 radical (unpaired) electrons. The molecule has 4 fully saturated rings. The number of likely N-dealkylation sites (N-methyl/N-ethyl adjacent to an activating group) is 6. The summed E-state index contributed by atoms with van der Waals surface area (Å²) < 4.78 is 144. The zero-order valence-electron chi connectivity index (χ0n) is 62.4. The van der Waals surface area contributed by atoms with E-state index >= 15 is 13.6 Å². The summed E-state index contributed by atoms with van der Waals surface area (Å²) in [4.78, 5) is 171. The zero-order chi connectivity index (χ0) is 79.5. The molecular weight excluding hydrogens is 1410 g/mol. The first kappa shape index (κ1) is 86.7. The fraction of sp³-hybridized carbons (Fsp3) is 0.681. The predicted molar refractivity (Wildman–Crippen MR) is 367 cm³/mol. The molecule has 0 saturated carbocycles. The van der Waals surface area contributed by atoms with Gasteiger partial charge in [0.25, 0.3) is 5.92 Å². The van der Waals surface area contributed by atoms with Gasteiger partial charge >= 0.3 is 12.4 Å². The molecule has 11 amide bonds. The number of nitrogens with one attached hydrogen (secondary N) is 3. The van der Waals surface area contributed by atoms with Crippen molar-refractivity contribution >= 4 is 65.0 Å². The van der Waals surface area contributed by atoms with Gasteiger partial charge in [0.05, 0.1) is 31.1 Å². The van der Waals surface area contributed by atoms with Crippen LogP contribution in [0.2, 0.25) is 0 Å². The standard InChI is InChI=1S/C72H102F10N12O12/c1-14-41(5)59-68(105)87(9)43(7)63(100)93-31-27-50(93)66(103)89(11)52(35-44-21-24-46(25-22-44)71(77,78)79)65(102)86(8)38-55(95)84-49(26-23-45-33-47(73)58(48(74)34-45)72(80,81)82)64(101)94-39-70(75,76)37-54(94)61(98)83-28-17-16-20-56(96)91(13)60(42(6)15-2)69(106)90(12)53(67(104)92-29-18-19-30-92)36-57(97)88(10)51(32-40(3)4)62(99)85-59/h21-22,24-25,33-34,40-43,49-54,56,59-60,96H,14-20,23,26-32,35-39H2,1-13H3,(H,83,98)(H,84,95)(H,85,99)/t41-,42-,43-,49-,50-,51-,52-,53-,54-,56?,59-,60-/m0/s1. The summed E-state index contributed by atoms with van der Waals surface area (Å²) in [6.45, 7) is 9.87. The van der Waals surface area contributed by atoms with Crippen molar-refractivity contribution < 1.29 is 102 Å². The highest BCUT2D eigenvalue weighted by Crippen LogP contribution is 2.37. The molecule has 0 bridgehead atoms. The van der Waals surface area contributed by atoms with Crippen LogP contribution in [0, 0.1) is 29.4 Å². The van der Waals surface area contributed by atoms with E-state index in [-0.39, 0.29) is 56.7 Å². The Balaban J connectivity index is 1.40. The number of likely N-dealkylation sites (tertiary alicyclic amines) is 1. The number of carbonyl (C=O) groups is 11. The summed E-state index contributed by atoms with van der Waals surface area (Å²) in [5, 5.41) is 19.4. The predicted octanol–water partition coefficient (Wildman–Crippen LogP) is 5.84. The van der Waals surface area contributed by atoms with Crippen LogP contribution in [0.4, 0.5) is 43.9 Å². The van der Waals surface area contributed by atoms with E-state index in [4.69, 9.17) is 0 Å². The number of hydrogen-bond donors (Lipinski definition) is 4. The fourth-order valence-electron chi connectivity index (χ4n) is 13.9. The maximum Gasteiger partial charge on any atom is 0.422 e. The summed E-state index contributed by atoms with van der Waals surface area (Å²) in [6.07, 6.45) is -13.4. The number of nitrogens with zero attached hydrogens (tertiary/aromatic N) is 9. The number of aliphatic hydroxyl groups is 1. The molecule has 24 nitrogen and oxygen atoms in total. The van der Waals surface area contributed by atoms with Crippen molar-refractivity contribution in [2.45, 2.75) is 217 Å². The molecule has 4 saturated heterocycles. The minimum atomic E-state index is -5.49. The number of aryl methyl sites for hydroxylation is 1. The van der Waals surface area contributed by atoms with Crippen LogP contribution in [0.5, 0.6) is 0 Å². The van der Waals surface area contributed by atoms with Gasteiger partial charge in [0.15, 0.2) is 0 Å². The van der Waals surface area contributed by atoms with Crippen LogP contribution in [0.3, 0.4) is 0 Å². The van der Waals surface area contributed by atoms with E-state index < -0.39 is 229 Å². The molecule has 4 heterocycles. The van der Waals surface area contributed by atoms with Crippen LogP contribution in [0.15, 0.2) is 36.4 Å². The molecule has 1 unspecified atom stereocenters. The maximum atomic E-state index is 15.6. The lowest BCUT2D eigenvalue weighted by Crippen LogP contribution is -2.65. The van der Waals surface area contributed by atoms with Crippen LogP contribution in [-0.4, -0.2) is 262 Å². The molecule has 4 N–H and O–H groups in total. The van der Waals surface area contributed by atoms with Gasteiger partial charge in [-0.2, -0.15) is 26.3 Å². The monoisotopic (exact) mass is 1520 g/mol. The second-order valence-corrected chi connectivity index (χ2v) is 29.1. The molecule has 0 aromatic heterocycles. The van der Waals surface area contributed by atoms with Gasteiger partial charge in [0.2, 0.25) is 65.0 Å². The second-order valence-electron chi connectivity index (χ2n) is 29.1. The van der Waals surface area contributed by atoms with E-state index in [0.29, 0.717) is 67.9 Å². The Bertz CT molecular complexity index is 3470. The minimum absolute atomic E-state index is 0.0137. The molecule has 2 aromatic rings. The van der Waals surface area contributed by atoms with Crippen molar-refractivity contribution in [2.24, 2.45) is 17.8 Å². The molecule has 34 heteroatoms. The van der Waals surface area contributed by atoms with Gasteiger partial charge in [-0.25, -0.2) is 17.6 Å². The third-order valence-corrected chi connectivity index (χ3v) is 21.1. The number of rotatable bonds is 12. The molecule has 4 aliphatic heterocycles. The number of hydrogen-bond acceptors (Lipinski definition) is 13. The smallest absolute Gasteiger partial charge is 0.378 e. The van der Waals surface area contributed by atoms with Gasteiger partial charge < -0.3 is 60.3 Å². The largest absolute Gasteiger partial charge is 0.422 e. The van der Waals surface area contributed by atoms with Crippen LogP contribution < -0.4 is 16.0 Å². The van der Waals surface area contributed by atoms with Gasteiger partial charge in [-0.15, -0.1) is 0 Å². The van der Waals surface area contributed by atoms with Gasteiger partial charge in [-0.1, -0.05) is 66.5 Å². The molecule has 2 aromatic carbocycles. The third kappa shape index (κ3) is 21.4. The Kier molecular flexibility index (Phi) is 30.0. The minimum Gasteiger partial charge on any atom is -0.378 e. The maximum absolute atomic E-state index is 15.6. The average molecular weight is 1520 g/mol. The lowest BCUT2D eigenvalue weighted by Gasteiger charge is -2.45. The summed E-state index contributed by atoms with van der Waals surface area (Å²) >= 11 is 0. The number of amides is 11. The summed E-state index contributed by atoms with van der Waals surface area (Å²) in [5.41, 5.74) is -3.76. The van der Waals surface area contributed by atoms with Gasteiger partial charge in [0, 0.05) is 74.3 Å². The number of benzene rings is 2. The van der Waals surface area contributed by atoms with Gasteiger partial charge in [-0.3, -0.25) is 57.6 Å². The van der Waals surface area contributed by atoms with E-state index in [1.54, 1.807) is 46.4 Å². The average Bonchev–Trinajstić information content (AvgIpc) is 1.19. The number of carbonyl (C=O) groups excluding carboxylic acids is 11. The summed E-state index contributed by atoms with van der Waals surface area (Å²) in [6, 6.07) is -9.39. The zero-order valence-corrected chi connectivity index (χ0v) is 62.4. The summed E-state index contributed by atoms with van der Waals surface area (Å²) in [5.74, 6) is -19.1. The topological polar surface area (TPSA) is 273 Å². The molecule has 4 aliphatic rings. The molecular formula is C72H102F10N12O12. The first-order chi connectivity index (χ1) is 49.4. The van der Waals surface area contributed by atoms with E-state index in [2.05, 4.69) is 16.0 Å². The molecule has 0 aliphatic carbocycles. The fourth-order valence-corrected chi connectivity index (χ4v) is 13.9. The molecule has 0 spiro atoms. The van der Waals surface area contributed by atoms with Crippen molar-refractivity contribution in [2.75, 3.05) is 81.6 Å². The Morgan fingerprint density at radius 3 is 1.79 bits per heavy atom. The van der Waals surface area contributed by atoms with Crippen LogP contribution in [0.1, 0.15) is 148 Å². The van der Waals surface area contributed by atoms with Crippen molar-refractivity contribution in [3.05, 3.63) is 70.3 Å². The van der Waals surface area contributed by atoms with Crippen molar-refractivity contribution in [3.63, 3.8) is 0 Å². The Morgan fingerprint density at radius 1 is 0.642 bits per heavy atom. The molecule has 6 rings (SSSR count). The Morgan fingerprint density at radius 2 is 1.25 bits per heavy atom. The van der Waals surface area contributed by atoms with Crippen molar-refractivity contribution in [1.82, 2.24) is 60.0 Å². The Hall–Kier alpha value is -8.17. The third-order valence-electron chi connectivity index (χ3n) is 21.1. The summed E-state index contributed by atoms with van der Waals surface area (Å²) in [7, 11) is 7.74. The van der Waals surface area contributed by atoms with E-state index in [1.807, 2.05) is 0 Å². The van der Waals surface area contributed by atoms with Crippen LogP contribution in [0.25, 0.3) is 0 Å². The lowest BCUT2D eigenvalue weighted by atomic mass is 9.94. The number of fused-ring (bicyclic) bond motifs is 2. The van der Waals surface area contributed by atoms with Crippen molar-refractivity contribution in [3.8, 4) is 0 Å². The quantitative estimate of drug-likeness (QED) is 0.182. The first-order valence-corrected chi connectivity index (χ1v) is 35.9. The number of aliphatic hydroxyl groups excluding tert-OH is 1. The first-order valence-electron chi connectivity index (χ1n) is 35.9. The van der Waals surface area contributed by atoms with Crippen molar-refractivity contribution in [1.29, 1.82) is 0 Å². The Labute approximate surface area is 611 Å². The molecule has 12 atom stereocenters. The number of halogens is 10. The second kappa shape index (κ2) is 36.6. The van der Waals surface area contributed by atoms with Gasteiger partial charge in [-0.05, 0) is 125 Å². The normalized spacial score (nSPS) is 26.7. The van der Waals surface area contributed by atoms with E-state index in [1.165, 1.54) is 49.8 Å². The van der Waals surface area contributed by atoms with Crippen LogP contribution >= 0.6 is 0 Å². The lowest BCUT2D eigenvalue weighted by molar-refractivity contribution is -0.160. The SMILES string of the molecule is CC[C@H](C)[C@@H]1NC(=O)[C@H](CC(C)C)N(C)C(=O)C[C@@H](C(=O)N2CCCC2)N(C)C(=O)[C@H]([C@@H](C)CC)N(C)C(O)CCCCNC(=O)[C@@H]2CC(F)(F)CN2C(=O)[C@H](CCc2cc(F)c(C(F)(F)F)c(F)c2)NC(=O)CN(C)C(=O)[C@H](Cc2ccc(C(F)(F)F)cc2)N(C)C(=O)[C@@H]2CCN2C(=O)[C@H](C)N(C)C1=O. The van der Waals surface area contributed by atoms with Gasteiger partial charge in [0.1, 0.15) is 71.8 Å². The number of alkyl halides is 8. The highest BCUT2D eigenvalue weighted by atomic mass is 19.4. The molecule has 592 valence electrons.